The lowest BCUT2D eigenvalue weighted by Crippen LogP contribution is -2.23. The zero-order valence-electron chi connectivity index (χ0n) is 14.5. The molecule has 0 atom stereocenters. The first-order valence-electron chi connectivity index (χ1n) is 8.44. The number of rotatable bonds is 7. The molecule has 0 saturated carbocycles. The van der Waals surface area contributed by atoms with E-state index in [0.29, 0.717) is 28.6 Å². The van der Waals surface area contributed by atoms with E-state index in [0.717, 1.165) is 12.0 Å². The van der Waals surface area contributed by atoms with Crippen molar-refractivity contribution in [1.82, 2.24) is 15.3 Å². The average Bonchev–Trinajstić information content (AvgIpc) is 2.68. The molecular weight excluding hydrogens is 367 g/mol. The van der Waals surface area contributed by atoms with Gasteiger partial charge in [0.1, 0.15) is 5.82 Å². The molecule has 5 nitrogen and oxygen atoms in total. The summed E-state index contributed by atoms with van der Waals surface area (Å²) in [6.07, 6.45) is 3.64. The monoisotopic (exact) mass is 384 g/mol. The fraction of sp³-hybridized carbons (Fsp3) is 0.150. The fourth-order valence-corrected chi connectivity index (χ4v) is 2.68. The Morgan fingerprint density at radius 3 is 2.59 bits per heavy atom. The lowest BCUT2D eigenvalue weighted by Gasteiger charge is -2.07. The smallest absolute Gasteiger partial charge is 0.254 e. The number of nitrogens with zero attached hydrogens (tertiary/aromatic N) is 2. The predicted molar refractivity (Wildman–Crippen MR) is 103 cm³/mol. The zero-order chi connectivity index (χ0) is 19.1. The highest BCUT2D eigenvalue weighted by Gasteiger charge is 2.08. The van der Waals surface area contributed by atoms with Crippen LogP contribution in [0.5, 0.6) is 0 Å². The van der Waals surface area contributed by atoms with Crippen molar-refractivity contribution in [3.63, 3.8) is 0 Å². The average molecular weight is 385 g/mol. The maximum atomic E-state index is 13.6. The molecule has 0 aliphatic rings. The first-order chi connectivity index (χ1) is 13.1. The summed E-state index contributed by atoms with van der Waals surface area (Å²) < 4.78 is 13.6. The van der Waals surface area contributed by atoms with Gasteiger partial charge in [-0.2, -0.15) is 0 Å². The minimum Gasteiger partial charge on any atom is -0.354 e. The third kappa shape index (κ3) is 5.49. The molecule has 0 bridgehead atoms. The highest BCUT2D eigenvalue weighted by atomic mass is 35.5. The Balaban J connectivity index is 1.49. The van der Waals surface area contributed by atoms with Crippen LogP contribution in [0.1, 0.15) is 21.5 Å². The summed E-state index contributed by atoms with van der Waals surface area (Å²) in [5.74, 6) is -0.278. The molecule has 2 aromatic carbocycles. The maximum Gasteiger partial charge on any atom is 0.254 e. The van der Waals surface area contributed by atoms with Gasteiger partial charge in [0, 0.05) is 36.1 Å². The molecule has 1 aromatic heterocycles. The van der Waals surface area contributed by atoms with E-state index < -0.39 is 0 Å². The van der Waals surface area contributed by atoms with Crippen molar-refractivity contribution in [1.29, 1.82) is 0 Å². The van der Waals surface area contributed by atoms with Crippen molar-refractivity contribution in [2.24, 2.45) is 0 Å². The van der Waals surface area contributed by atoms with Crippen molar-refractivity contribution in [2.75, 3.05) is 11.9 Å². The number of halogens is 2. The van der Waals surface area contributed by atoms with Gasteiger partial charge >= 0.3 is 0 Å². The van der Waals surface area contributed by atoms with Crippen molar-refractivity contribution < 1.29 is 9.18 Å². The van der Waals surface area contributed by atoms with Crippen LogP contribution in [0.25, 0.3) is 0 Å². The quantitative estimate of drug-likeness (QED) is 0.649. The van der Waals surface area contributed by atoms with Gasteiger partial charge in [-0.25, -0.2) is 14.4 Å². The Labute approximate surface area is 161 Å². The van der Waals surface area contributed by atoms with E-state index in [1.807, 2.05) is 24.3 Å². The van der Waals surface area contributed by atoms with E-state index in [1.165, 1.54) is 18.5 Å². The van der Waals surface area contributed by atoms with Gasteiger partial charge in [0.25, 0.3) is 5.91 Å². The normalized spacial score (nSPS) is 10.4. The molecule has 0 radical (unpaired) electrons. The molecule has 1 heterocycles. The minimum absolute atomic E-state index is 0.102. The van der Waals surface area contributed by atoms with E-state index in [4.69, 9.17) is 11.6 Å². The third-order valence-electron chi connectivity index (χ3n) is 3.90. The standard InChI is InChI=1S/C20H18ClFN4O/c21-17-6-3-4-14(10-17)8-9-23-20-25-12-16(13-26-20)19(27)24-11-15-5-1-2-7-18(15)22/h1-7,10,12-13H,8-9,11H2,(H,24,27)(H,23,25,26). The largest absolute Gasteiger partial charge is 0.354 e. The van der Waals surface area contributed by atoms with E-state index in [2.05, 4.69) is 20.6 Å². The molecule has 0 fully saturated rings. The van der Waals surface area contributed by atoms with Crippen LogP contribution in [0.15, 0.2) is 60.9 Å². The van der Waals surface area contributed by atoms with Gasteiger partial charge < -0.3 is 10.6 Å². The second kappa shape index (κ2) is 9.09. The third-order valence-corrected chi connectivity index (χ3v) is 4.13. The van der Waals surface area contributed by atoms with Gasteiger partial charge in [0.05, 0.1) is 5.56 Å². The molecule has 0 saturated heterocycles. The second-order valence-corrected chi connectivity index (χ2v) is 6.31. The van der Waals surface area contributed by atoms with Gasteiger partial charge in [-0.1, -0.05) is 41.9 Å². The van der Waals surface area contributed by atoms with Gasteiger partial charge in [-0.15, -0.1) is 0 Å². The highest BCUT2D eigenvalue weighted by molar-refractivity contribution is 6.30. The Morgan fingerprint density at radius 2 is 1.85 bits per heavy atom. The van der Waals surface area contributed by atoms with Gasteiger partial charge in [-0.05, 0) is 30.2 Å². The lowest BCUT2D eigenvalue weighted by atomic mass is 10.1. The molecule has 0 aliphatic heterocycles. The molecule has 7 heteroatoms. The first-order valence-corrected chi connectivity index (χ1v) is 8.81. The molecule has 27 heavy (non-hydrogen) atoms. The number of hydrogen-bond acceptors (Lipinski definition) is 4. The summed E-state index contributed by atoms with van der Waals surface area (Å²) in [4.78, 5) is 20.4. The SMILES string of the molecule is O=C(NCc1ccccc1F)c1cnc(NCCc2cccc(Cl)c2)nc1. The lowest BCUT2D eigenvalue weighted by molar-refractivity contribution is 0.0950. The first kappa shape index (κ1) is 18.8. The van der Waals surface area contributed by atoms with Crippen LogP contribution in [0.2, 0.25) is 5.02 Å². The van der Waals surface area contributed by atoms with Crippen molar-refractivity contribution in [3.05, 3.63) is 88.5 Å². The Kier molecular flexibility index (Phi) is 6.33. The number of carbonyl (C=O) groups is 1. The van der Waals surface area contributed by atoms with E-state index in [1.54, 1.807) is 18.2 Å². The molecule has 1 amide bonds. The van der Waals surface area contributed by atoms with Crippen LogP contribution >= 0.6 is 11.6 Å². The van der Waals surface area contributed by atoms with Crippen molar-refractivity contribution in [3.8, 4) is 0 Å². The Hall–Kier alpha value is -2.99. The number of amides is 1. The summed E-state index contributed by atoms with van der Waals surface area (Å²) in [7, 11) is 0. The Bertz CT molecular complexity index is 918. The van der Waals surface area contributed by atoms with Crippen LogP contribution in [-0.4, -0.2) is 22.4 Å². The van der Waals surface area contributed by atoms with Gasteiger partial charge in [0.15, 0.2) is 0 Å². The van der Waals surface area contributed by atoms with Crippen LogP contribution < -0.4 is 10.6 Å². The summed E-state index contributed by atoms with van der Waals surface area (Å²) in [6.45, 7) is 0.740. The number of aromatic nitrogens is 2. The second-order valence-electron chi connectivity index (χ2n) is 5.88. The maximum absolute atomic E-state index is 13.6. The molecule has 3 rings (SSSR count). The number of anilines is 1. The molecule has 2 N–H and O–H groups in total. The molecular formula is C20H18ClFN4O. The number of nitrogens with one attached hydrogen (secondary N) is 2. The van der Waals surface area contributed by atoms with Crippen LogP contribution in [-0.2, 0) is 13.0 Å². The predicted octanol–water partition coefficient (Wildman–Crippen LogP) is 3.85. The summed E-state index contributed by atoms with van der Waals surface area (Å²) >= 11 is 5.96. The van der Waals surface area contributed by atoms with Crippen molar-refractivity contribution in [2.45, 2.75) is 13.0 Å². The molecule has 0 aliphatic carbocycles. The van der Waals surface area contributed by atoms with Crippen LogP contribution in [0, 0.1) is 5.82 Å². The summed E-state index contributed by atoms with van der Waals surface area (Å²) in [6, 6.07) is 13.9. The van der Waals surface area contributed by atoms with Crippen molar-refractivity contribution >= 4 is 23.5 Å². The molecule has 0 unspecified atom stereocenters. The molecule has 138 valence electrons. The molecule has 0 spiro atoms. The van der Waals surface area contributed by atoms with Gasteiger partial charge in [0.2, 0.25) is 5.95 Å². The topological polar surface area (TPSA) is 66.9 Å². The van der Waals surface area contributed by atoms with E-state index >= 15 is 0 Å². The fourth-order valence-electron chi connectivity index (χ4n) is 2.47. The highest BCUT2D eigenvalue weighted by Crippen LogP contribution is 2.11. The summed E-state index contributed by atoms with van der Waals surface area (Å²) in [5.41, 5.74) is 1.84. The van der Waals surface area contributed by atoms with Crippen LogP contribution in [0.4, 0.5) is 10.3 Å². The number of hydrogen-bond donors (Lipinski definition) is 2. The van der Waals surface area contributed by atoms with E-state index in [9.17, 15) is 9.18 Å². The Morgan fingerprint density at radius 1 is 1.07 bits per heavy atom. The van der Waals surface area contributed by atoms with Gasteiger partial charge in [-0.3, -0.25) is 4.79 Å². The summed E-state index contributed by atoms with van der Waals surface area (Å²) in [5, 5.41) is 6.45. The van der Waals surface area contributed by atoms with Crippen LogP contribution in [0.3, 0.4) is 0 Å². The number of benzene rings is 2. The number of carbonyl (C=O) groups excluding carboxylic acids is 1. The minimum atomic E-state index is -0.358. The van der Waals surface area contributed by atoms with E-state index in [-0.39, 0.29) is 18.3 Å². The zero-order valence-corrected chi connectivity index (χ0v) is 15.2. The molecule has 3 aromatic rings.